The summed E-state index contributed by atoms with van der Waals surface area (Å²) in [6.45, 7) is 4.77. The summed E-state index contributed by atoms with van der Waals surface area (Å²) in [5, 5.41) is 1.34. The van der Waals surface area contributed by atoms with Crippen molar-refractivity contribution in [2.75, 3.05) is 26.3 Å². The number of hydrogen-bond donors (Lipinski definition) is 0. The highest BCUT2D eigenvalue weighted by Crippen LogP contribution is 2.29. The Labute approximate surface area is 115 Å². The van der Waals surface area contributed by atoms with E-state index in [-0.39, 0.29) is 0 Å². The second-order valence-corrected chi connectivity index (χ2v) is 5.64. The molecule has 1 aromatic heterocycles. The van der Waals surface area contributed by atoms with Crippen molar-refractivity contribution in [3.63, 3.8) is 0 Å². The maximum Gasteiger partial charge on any atom is 0.0594 e. The molecule has 2 aromatic rings. The van der Waals surface area contributed by atoms with Crippen LogP contribution in [0.5, 0.6) is 0 Å². The molecular formula is C14H17BrN2O. The maximum atomic E-state index is 5.40. The maximum absolute atomic E-state index is 5.40. The van der Waals surface area contributed by atoms with E-state index in [4.69, 9.17) is 4.74 Å². The molecule has 1 saturated heterocycles. The number of ether oxygens (including phenoxy) is 1. The molecule has 1 aromatic carbocycles. The third-order valence-electron chi connectivity index (χ3n) is 3.54. The van der Waals surface area contributed by atoms with Crippen LogP contribution in [0.25, 0.3) is 10.9 Å². The molecule has 0 N–H and O–H groups in total. The summed E-state index contributed by atoms with van der Waals surface area (Å²) in [5.41, 5.74) is 2.68. The highest BCUT2D eigenvalue weighted by Gasteiger charge is 2.15. The third kappa shape index (κ3) is 2.20. The van der Waals surface area contributed by atoms with Crippen LogP contribution in [-0.4, -0.2) is 35.8 Å². The molecule has 3 nitrogen and oxygen atoms in total. The van der Waals surface area contributed by atoms with Gasteiger partial charge in [0.25, 0.3) is 0 Å². The van der Waals surface area contributed by atoms with E-state index in [1.54, 1.807) is 0 Å². The minimum atomic E-state index is 0.853. The van der Waals surface area contributed by atoms with E-state index in [1.807, 2.05) is 0 Å². The van der Waals surface area contributed by atoms with E-state index < -0.39 is 0 Å². The fraction of sp³-hybridized carbons (Fsp3) is 0.429. The summed E-state index contributed by atoms with van der Waals surface area (Å²) in [6.07, 6.45) is 2.24. The first kappa shape index (κ1) is 12.2. The topological polar surface area (TPSA) is 17.4 Å². The molecule has 4 heteroatoms. The van der Waals surface area contributed by atoms with Gasteiger partial charge >= 0.3 is 0 Å². The number of benzene rings is 1. The predicted octanol–water partition coefficient (Wildman–Crippen LogP) is 2.77. The molecule has 0 atom stereocenters. The van der Waals surface area contributed by atoms with Crippen LogP contribution in [0, 0.1) is 0 Å². The lowest BCUT2D eigenvalue weighted by Gasteiger charge is -2.26. The van der Waals surface area contributed by atoms with Gasteiger partial charge in [0.1, 0.15) is 0 Å². The van der Waals surface area contributed by atoms with Crippen LogP contribution in [0.1, 0.15) is 5.56 Å². The summed E-state index contributed by atoms with van der Waals surface area (Å²) in [4.78, 5) is 2.46. The molecule has 0 saturated carbocycles. The monoisotopic (exact) mass is 308 g/mol. The van der Waals surface area contributed by atoms with E-state index >= 15 is 0 Å². The fourth-order valence-corrected chi connectivity index (χ4v) is 3.22. The van der Waals surface area contributed by atoms with Crippen molar-refractivity contribution in [3.8, 4) is 0 Å². The van der Waals surface area contributed by atoms with E-state index in [0.717, 1.165) is 32.8 Å². The van der Waals surface area contributed by atoms with Crippen molar-refractivity contribution in [3.05, 3.63) is 34.4 Å². The van der Waals surface area contributed by atoms with Gasteiger partial charge in [-0.25, -0.2) is 0 Å². The summed E-state index contributed by atoms with van der Waals surface area (Å²) in [5.74, 6) is 0. The van der Waals surface area contributed by atoms with Gasteiger partial charge in [0, 0.05) is 48.3 Å². The van der Waals surface area contributed by atoms with Gasteiger partial charge in [-0.2, -0.15) is 0 Å². The standard InChI is InChI=1S/C14H17BrN2O/c1-16-9-11(10-17-5-7-18-8-6-17)14-12(15)3-2-4-13(14)16/h2-4,9H,5-8,10H2,1H3. The Morgan fingerprint density at radius 1 is 1.28 bits per heavy atom. The summed E-state index contributed by atoms with van der Waals surface area (Å²) >= 11 is 3.67. The number of morpholine rings is 1. The van der Waals surface area contributed by atoms with E-state index in [2.05, 4.69) is 56.8 Å². The zero-order valence-electron chi connectivity index (χ0n) is 10.5. The Hall–Kier alpha value is -0.840. The van der Waals surface area contributed by atoms with Crippen LogP contribution in [0.4, 0.5) is 0 Å². The van der Waals surface area contributed by atoms with Crippen molar-refractivity contribution in [2.45, 2.75) is 6.54 Å². The van der Waals surface area contributed by atoms with Gasteiger partial charge < -0.3 is 9.30 Å². The van der Waals surface area contributed by atoms with Gasteiger partial charge in [0.15, 0.2) is 0 Å². The molecule has 2 heterocycles. The largest absolute Gasteiger partial charge is 0.379 e. The van der Waals surface area contributed by atoms with Crippen molar-refractivity contribution < 1.29 is 4.74 Å². The van der Waals surface area contributed by atoms with E-state index in [1.165, 1.54) is 20.9 Å². The molecule has 1 fully saturated rings. The molecule has 96 valence electrons. The minimum Gasteiger partial charge on any atom is -0.379 e. The lowest BCUT2D eigenvalue weighted by molar-refractivity contribution is 0.0343. The van der Waals surface area contributed by atoms with Crippen LogP contribution in [0.2, 0.25) is 0 Å². The van der Waals surface area contributed by atoms with E-state index in [9.17, 15) is 0 Å². The number of aromatic nitrogens is 1. The molecule has 1 aliphatic rings. The van der Waals surface area contributed by atoms with E-state index in [0.29, 0.717) is 0 Å². The first-order chi connectivity index (χ1) is 8.75. The van der Waals surface area contributed by atoms with Gasteiger partial charge in [-0.3, -0.25) is 4.90 Å². The Kier molecular flexibility index (Phi) is 3.41. The van der Waals surface area contributed by atoms with Crippen LogP contribution in [0.3, 0.4) is 0 Å². The molecule has 1 aliphatic heterocycles. The van der Waals surface area contributed by atoms with Crippen LogP contribution in [0.15, 0.2) is 28.9 Å². The highest BCUT2D eigenvalue weighted by molar-refractivity contribution is 9.10. The summed E-state index contributed by atoms with van der Waals surface area (Å²) < 4.78 is 8.79. The number of rotatable bonds is 2. The zero-order chi connectivity index (χ0) is 12.5. The average Bonchev–Trinajstić information content (AvgIpc) is 2.69. The minimum absolute atomic E-state index is 0.853. The van der Waals surface area contributed by atoms with Crippen molar-refractivity contribution >= 4 is 26.8 Å². The van der Waals surface area contributed by atoms with Gasteiger partial charge in [-0.05, 0) is 17.7 Å². The molecule has 3 rings (SSSR count). The van der Waals surface area contributed by atoms with Gasteiger partial charge in [-0.1, -0.05) is 22.0 Å². The second-order valence-electron chi connectivity index (χ2n) is 4.79. The molecule has 0 amide bonds. The van der Waals surface area contributed by atoms with Gasteiger partial charge in [-0.15, -0.1) is 0 Å². The van der Waals surface area contributed by atoms with Crippen LogP contribution >= 0.6 is 15.9 Å². The molecule has 18 heavy (non-hydrogen) atoms. The normalized spacial score (nSPS) is 17.4. The van der Waals surface area contributed by atoms with Crippen molar-refractivity contribution in [2.24, 2.45) is 7.05 Å². The Bertz CT molecular complexity index is 558. The first-order valence-electron chi connectivity index (χ1n) is 6.28. The quantitative estimate of drug-likeness (QED) is 0.849. The fourth-order valence-electron chi connectivity index (χ4n) is 2.61. The number of aryl methyl sites for hydroxylation is 1. The molecule has 0 bridgehead atoms. The predicted molar refractivity (Wildman–Crippen MR) is 76.7 cm³/mol. The third-order valence-corrected chi connectivity index (χ3v) is 4.20. The Balaban J connectivity index is 1.96. The highest BCUT2D eigenvalue weighted by atomic mass is 79.9. The van der Waals surface area contributed by atoms with Crippen LogP contribution < -0.4 is 0 Å². The van der Waals surface area contributed by atoms with Crippen LogP contribution in [-0.2, 0) is 18.3 Å². The summed E-state index contributed by atoms with van der Waals surface area (Å²) in [6, 6.07) is 6.37. The SMILES string of the molecule is Cn1cc(CN2CCOCC2)c2c(Br)cccc21. The molecule has 0 spiro atoms. The number of hydrogen-bond acceptors (Lipinski definition) is 2. The Morgan fingerprint density at radius 2 is 2.06 bits per heavy atom. The first-order valence-corrected chi connectivity index (χ1v) is 7.07. The lowest BCUT2D eigenvalue weighted by atomic mass is 10.1. The smallest absolute Gasteiger partial charge is 0.0594 e. The van der Waals surface area contributed by atoms with Crippen molar-refractivity contribution in [1.29, 1.82) is 0 Å². The average molecular weight is 309 g/mol. The second kappa shape index (κ2) is 5.03. The zero-order valence-corrected chi connectivity index (χ0v) is 12.1. The number of nitrogens with zero attached hydrogens (tertiary/aromatic N) is 2. The molecular weight excluding hydrogens is 292 g/mol. The molecule has 0 radical (unpaired) electrons. The lowest BCUT2D eigenvalue weighted by Crippen LogP contribution is -2.35. The number of fused-ring (bicyclic) bond motifs is 1. The number of halogens is 1. The molecule has 0 unspecified atom stereocenters. The van der Waals surface area contributed by atoms with Crippen molar-refractivity contribution in [1.82, 2.24) is 9.47 Å². The van der Waals surface area contributed by atoms with Gasteiger partial charge in [0.05, 0.1) is 13.2 Å². The Morgan fingerprint density at radius 3 is 2.83 bits per heavy atom. The summed E-state index contributed by atoms with van der Waals surface area (Å²) in [7, 11) is 2.11. The molecule has 0 aliphatic carbocycles. The van der Waals surface area contributed by atoms with Gasteiger partial charge in [0.2, 0.25) is 0 Å².